The molecular formula is C23H30N6O8. The van der Waals surface area contributed by atoms with Crippen LogP contribution in [0.4, 0.5) is 0 Å². The molecule has 0 spiro atoms. The van der Waals surface area contributed by atoms with Crippen molar-refractivity contribution >= 4 is 29.7 Å². The second-order valence-corrected chi connectivity index (χ2v) is 8.39. The van der Waals surface area contributed by atoms with Gasteiger partial charge in [-0.25, -0.2) is 9.78 Å². The van der Waals surface area contributed by atoms with Crippen molar-refractivity contribution in [2.45, 2.75) is 56.8 Å². The van der Waals surface area contributed by atoms with Crippen LogP contribution in [0.2, 0.25) is 0 Å². The fourth-order valence-electron chi connectivity index (χ4n) is 3.28. The van der Waals surface area contributed by atoms with Gasteiger partial charge in [0.05, 0.1) is 12.4 Å². The van der Waals surface area contributed by atoms with E-state index >= 15 is 0 Å². The molecule has 1 heterocycles. The number of nitrogens with two attached hydrogens (primary N) is 1. The molecule has 1 aromatic heterocycles. The van der Waals surface area contributed by atoms with Crippen LogP contribution < -0.4 is 21.7 Å². The number of aliphatic carboxylic acids is 2. The number of aromatic amines is 1. The monoisotopic (exact) mass is 518 g/mol. The van der Waals surface area contributed by atoms with E-state index in [1.807, 2.05) is 0 Å². The number of carboxylic acid groups (broad SMARTS) is 2. The van der Waals surface area contributed by atoms with Crippen LogP contribution in [0.5, 0.6) is 5.75 Å². The maximum absolute atomic E-state index is 13.2. The summed E-state index contributed by atoms with van der Waals surface area (Å²) in [4.78, 5) is 67.5. The minimum Gasteiger partial charge on any atom is -0.508 e. The fraction of sp³-hybridized carbons (Fsp3) is 0.391. The van der Waals surface area contributed by atoms with Gasteiger partial charge in [0, 0.05) is 31.2 Å². The Morgan fingerprint density at radius 2 is 1.49 bits per heavy atom. The first kappa shape index (κ1) is 28.8. The topological polar surface area (TPSA) is 237 Å². The SMILES string of the molecule is CC(N)C(=O)NC(Cc1ccc(O)cc1)C(=O)NC(Cc1cnc[nH]1)C(=O)NC(CCC(=O)O)C(=O)O. The molecule has 0 radical (unpaired) electrons. The van der Waals surface area contributed by atoms with Gasteiger partial charge in [-0.3, -0.25) is 19.2 Å². The van der Waals surface area contributed by atoms with Gasteiger partial charge in [0.25, 0.3) is 0 Å². The quantitative estimate of drug-likeness (QED) is 0.146. The summed E-state index contributed by atoms with van der Waals surface area (Å²) in [5.74, 6) is -4.90. The third kappa shape index (κ3) is 9.60. The fourth-order valence-corrected chi connectivity index (χ4v) is 3.28. The lowest BCUT2D eigenvalue weighted by molar-refractivity contribution is -0.143. The molecule has 0 fully saturated rings. The predicted octanol–water partition coefficient (Wildman–Crippen LogP) is -1.35. The number of nitrogens with zero attached hydrogens (tertiary/aromatic N) is 1. The maximum atomic E-state index is 13.2. The number of carbonyl (C=O) groups is 5. The number of phenols is 1. The summed E-state index contributed by atoms with van der Waals surface area (Å²) >= 11 is 0. The number of nitrogens with one attached hydrogen (secondary N) is 4. The first-order valence-electron chi connectivity index (χ1n) is 11.3. The minimum atomic E-state index is -1.50. The molecule has 14 nitrogen and oxygen atoms in total. The highest BCUT2D eigenvalue weighted by molar-refractivity contribution is 5.94. The van der Waals surface area contributed by atoms with Crippen LogP contribution in [-0.4, -0.2) is 79.1 Å². The van der Waals surface area contributed by atoms with E-state index < -0.39 is 60.2 Å². The summed E-state index contributed by atoms with van der Waals surface area (Å²) in [7, 11) is 0. The standard InChI is InChI=1S/C23H30N6O8/c1-12(24)20(33)28-17(8-13-2-4-15(30)5-3-13)21(34)29-18(9-14-10-25-11-26-14)22(35)27-16(23(36)37)6-7-19(31)32/h2-5,10-12,16-18,30H,6-9,24H2,1H3,(H,25,26)(H,27,35)(H,28,33)(H,29,34)(H,31,32)(H,36,37). The molecule has 14 heteroatoms. The molecule has 0 aliphatic carbocycles. The summed E-state index contributed by atoms with van der Waals surface area (Å²) in [6.45, 7) is 1.43. The first-order chi connectivity index (χ1) is 17.5. The zero-order valence-electron chi connectivity index (χ0n) is 20.0. The number of aromatic nitrogens is 2. The van der Waals surface area contributed by atoms with Gasteiger partial charge in [-0.15, -0.1) is 0 Å². The summed E-state index contributed by atoms with van der Waals surface area (Å²) in [5, 5.41) is 35.1. The molecule has 37 heavy (non-hydrogen) atoms. The Hall–Kier alpha value is -4.46. The van der Waals surface area contributed by atoms with Crippen molar-refractivity contribution in [3.63, 3.8) is 0 Å². The van der Waals surface area contributed by atoms with Gasteiger partial charge in [-0.2, -0.15) is 0 Å². The van der Waals surface area contributed by atoms with E-state index in [1.54, 1.807) is 12.1 Å². The van der Waals surface area contributed by atoms with Crippen LogP contribution in [0.15, 0.2) is 36.8 Å². The van der Waals surface area contributed by atoms with Crippen molar-refractivity contribution in [2.75, 3.05) is 0 Å². The van der Waals surface area contributed by atoms with Crippen LogP contribution in [0.25, 0.3) is 0 Å². The molecule has 0 saturated heterocycles. The largest absolute Gasteiger partial charge is 0.508 e. The van der Waals surface area contributed by atoms with Gasteiger partial charge >= 0.3 is 11.9 Å². The van der Waals surface area contributed by atoms with Crippen LogP contribution >= 0.6 is 0 Å². The number of rotatable bonds is 14. The van der Waals surface area contributed by atoms with E-state index in [-0.39, 0.29) is 25.0 Å². The number of hydrogen-bond donors (Lipinski definition) is 8. The molecule has 4 atom stereocenters. The highest BCUT2D eigenvalue weighted by atomic mass is 16.4. The van der Waals surface area contributed by atoms with Crippen LogP contribution in [-0.2, 0) is 36.8 Å². The summed E-state index contributed by atoms with van der Waals surface area (Å²) in [6, 6.07) is 1.05. The number of carbonyl (C=O) groups excluding carboxylic acids is 3. The van der Waals surface area contributed by atoms with Gasteiger partial charge in [0.1, 0.15) is 23.9 Å². The summed E-state index contributed by atoms with van der Waals surface area (Å²) in [5.41, 5.74) is 6.67. The van der Waals surface area contributed by atoms with Crippen molar-refractivity contribution < 1.29 is 39.3 Å². The molecule has 0 aliphatic rings. The molecule has 4 unspecified atom stereocenters. The van der Waals surface area contributed by atoms with E-state index in [0.29, 0.717) is 11.3 Å². The molecule has 2 aromatic rings. The molecule has 0 saturated carbocycles. The summed E-state index contributed by atoms with van der Waals surface area (Å²) in [6.07, 6.45) is 1.81. The van der Waals surface area contributed by atoms with Gasteiger partial charge in [0.15, 0.2) is 0 Å². The van der Waals surface area contributed by atoms with Crippen molar-refractivity contribution in [2.24, 2.45) is 5.73 Å². The minimum absolute atomic E-state index is 0.000662. The maximum Gasteiger partial charge on any atom is 0.326 e. The lowest BCUT2D eigenvalue weighted by Crippen LogP contribution is -2.58. The number of hydrogen-bond acceptors (Lipinski definition) is 8. The van der Waals surface area contributed by atoms with Crippen LogP contribution in [0, 0.1) is 0 Å². The Balaban J connectivity index is 2.25. The van der Waals surface area contributed by atoms with E-state index in [9.17, 15) is 34.2 Å². The molecule has 1 aromatic carbocycles. The number of carboxylic acids is 2. The smallest absolute Gasteiger partial charge is 0.326 e. The highest BCUT2D eigenvalue weighted by Gasteiger charge is 2.30. The van der Waals surface area contributed by atoms with Gasteiger partial charge in [-0.05, 0) is 31.0 Å². The first-order valence-corrected chi connectivity index (χ1v) is 11.3. The van der Waals surface area contributed by atoms with Crippen molar-refractivity contribution in [1.29, 1.82) is 0 Å². The number of imidazole rings is 1. The van der Waals surface area contributed by atoms with E-state index in [2.05, 4.69) is 25.9 Å². The zero-order chi connectivity index (χ0) is 27.5. The Morgan fingerprint density at radius 1 is 0.919 bits per heavy atom. The normalized spacial score (nSPS) is 14.0. The second kappa shape index (κ2) is 13.6. The number of phenolic OH excluding ortho intramolecular Hbond substituents is 1. The zero-order valence-corrected chi connectivity index (χ0v) is 20.0. The number of H-pyrrole nitrogens is 1. The molecule has 3 amide bonds. The molecule has 9 N–H and O–H groups in total. The number of aromatic hydroxyl groups is 1. The average Bonchev–Trinajstić information content (AvgIpc) is 3.34. The Bertz CT molecular complexity index is 1090. The molecular weight excluding hydrogens is 488 g/mol. The van der Waals surface area contributed by atoms with E-state index in [1.165, 1.54) is 31.6 Å². The second-order valence-electron chi connectivity index (χ2n) is 8.39. The highest BCUT2D eigenvalue weighted by Crippen LogP contribution is 2.12. The van der Waals surface area contributed by atoms with E-state index in [4.69, 9.17) is 10.8 Å². The number of benzene rings is 1. The van der Waals surface area contributed by atoms with Gasteiger partial charge in [0.2, 0.25) is 17.7 Å². The molecule has 0 bridgehead atoms. The Kier molecular flexibility index (Phi) is 10.6. The van der Waals surface area contributed by atoms with Crippen molar-refractivity contribution in [1.82, 2.24) is 25.9 Å². The van der Waals surface area contributed by atoms with E-state index in [0.717, 1.165) is 0 Å². The predicted molar refractivity (Wildman–Crippen MR) is 128 cm³/mol. The molecule has 0 aliphatic heterocycles. The van der Waals surface area contributed by atoms with Crippen LogP contribution in [0.1, 0.15) is 31.0 Å². The number of amides is 3. The third-order valence-corrected chi connectivity index (χ3v) is 5.30. The molecule has 2 rings (SSSR count). The Morgan fingerprint density at radius 3 is 2.00 bits per heavy atom. The lowest BCUT2D eigenvalue weighted by atomic mass is 10.0. The van der Waals surface area contributed by atoms with Gasteiger partial charge < -0.3 is 42.0 Å². The van der Waals surface area contributed by atoms with Crippen LogP contribution in [0.3, 0.4) is 0 Å². The summed E-state index contributed by atoms with van der Waals surface area (Å²) < 4.78 is 0. The molecule has 200 valence electrons. The third-order valence-electron chi connectivity index (χ3n) is 5.30. The average molecular weight is 519 g/mol. The van der Waals surface area contributed by atoms with Gasteiger partial charge in [-0.1, -0.05) is 12.1 Å². The van der Waals surface area contributed by atoms with Crippen molar-refractivity contribution in [3.05, 3.63) is 48.0 Å². The van der Waals surface area contributed by atoms with Crippen molar-refractivity contribution in [3.8, 4) is 5.75 Å². The Labute approximate surface area is 211 Å². The lowest BCUT2D eigenvalue weighted by Gasteiger charge is -2.25.